The summed E-state index contributed by atoms with van der Waals surface area (Å²) in [7, 11) is 0. The molecular weight excluding hydrogens is 927 g/mol. The van der Waals surface area contributed by atoms with Gasteiger partial charge < -0.3 is 0 Å². The molecule has 0 spiro atoms. The highest BCUT2D eigenvalue weighted by atomic mass is 15.2. The van der Waals surface area contributed by atoms with Crippen LogP contribution in [-0.4, -0.2) is 27.9 Å². The highest BCUT2D eigenvalue weighted by Gasteiger charge is 2.27. The summed E-state index contributed by atoms with van der Waals surface area (Å²) in [6.45, 7) is 0. The minimum Gasteiger partial charge on any atom is -0.278 e. The molecule has 0 aliphatic heterocycles. The molecule has 0 saturated carbocycles. The third-order valence-corrected chi connectivity index (χ3v) is 15.0. The monoisotopic (exact) mass is 969 g/mol. The number of imidazole rings is 4. The van der Waals surface area contributed by atoms with Gasteiger partial charge in [-0.25, -0.2) is 9.97 Å². The van der Waals surface area contributed by atoms with Crippen molar-refractivity contribution in [1.29, 1.82) is 5.26 Å². The molecule has 0 amide bonds. The molecule has 11 aromatic carbocycles. The molecule has 0 aliphatic rings. The third kappa shape index (κ3) is 6.75. The van der Waals surface area contributed by atoms with Crippen LogP contribution in [-0.2, 0) is 0 Å². The summed E-state index contributed by atoms with van der Waals surface area (Å²) >= 11 is 0. The maximum absolute atomic E-state index is 12.0. The number of hydrogen-bond donors (Lipinski definition) is 0. The smallest absolute Gasteiger partial charge is 0.220 e. The average Bonchev–Trinajstić information content (AvgIpc) is 4.30. The van der Waals surface area contributed by atoms with Crippen LogP contribution < -0.4 is 0 Å². The van der Waals surface area contributed by atoms with E-state index in [-0.39, 0.29) is 0 Å². The van der Waals surface area contributed by atoms with Crippen LogP contribution >= 0.6 is 0 Å². The van der Waals surface area contributed by atoms with E-state index >= 15 is 0 Å². The van der Waals surface area contributed by atoms with Crippen molar-refractivity contribution in [1.82, 2.24) is 27.9 Å². The van der Waals surface area contributed by atoms with E-state index in [1.54, 1.807) is 0 Å². The molecule has 7 nitrogen and oxygen atoms in total. The van der Waals surface area contributed by atoms with Crippen LogP contribution in [0.1, 0.15) is 5.56 Å². The van der Waals surface area contributed by atoms with Crippen LogP contribution in [0.15, 0.2) is 261 Å². The zero-order valence-corrected chi connectivity index (χ0v) is 41.0. The second kappa shape index (κ2) is 17.3. The molecule has 354 valence electrons. The van der Waals surface area contributed by atoms with Crippen molar-refractivity contribution >= 4 is 55.7 Å². The van der Waals surface area contributed by atoms with Crippen LogP contribution in [0.25, 0.3) is 134 Å². The Morgan fingerprint density at radius 2 is 0.632 bits per heavy atom. The molecule has 0 atom stereocenters. The quantitative estimate of drug-likeness (QED) is 0.152. The Labute approximate surface area is 437 Å². The first-order chi connectivity index (χ1) is 37.7. The van der Waals surface area contributed by atoms with Crippen molar-refractivity contribution in [3.63, 3.8) is 0 Å². The zero-order chi connectivity index (χ0) is 50.3. The standard InChI is InChI=1S/C69H43N7/c70-44-57-66(51-33-37-60-64(41-51)75-62-39-49(45-19-7-1-8-20-45)31-35-58(62)71-68(75)73(60)53-27-15-5-16-28-53)55(47-23-11-3-12-24-47)43-56(48-25-13-4-14-26-48)67(57)52-34-38-61-65(42-52)76-63-40-50(46-21-9-2-10-22-46)32-36-59(63)72-69(76)74(61)54-29-17-6-18-30-54/h1-43H. The van der Waals surface area contributed by atoms with Gasteiger partial charge in [0.15, 0.2) is 0 Å². The van der Waals surface area contributed by atoms with E-state index in [0.717, 1.165) is 134 Å². The summed E-state index contributed by atoms with van der Waals surface area (Å²) in [5, 5.41) is 12.0. The van der Waals surface area contributed by atoms with Gasteiger partial charge in [-0.3, -0.25) is 17.9 Å². The Balaban J connectivity index is 1.04. The van der Waals surface area contributed by atoms with Crippen LogP contribution in [0, 0.1) is 11.3 Å². The first kappa shape index (κ1) is 43.1. The molecule has 0 radical (unpaired) electrons. The molecule has 4 heterocycles. The lowest BCUT2D eigenvalue weighted by Gasteiger charge is -2.21. The molecule has 7 heteroatoms. The Morgan fingerprint density at radius 3 is 1.01 bits per heavy atom. The molecular formula is C69H43N7. The summed E-state index contributed by atoms with van der Waals surface area (Å²) in [5.74, 6) is 1.62. The van der Waals surface area contributed by atoms with Gasteiger partial charge in [0.2, 0.25) is 11.6 Å². The maximum Gasteiger partial charge on any atom is 0.220 e. The fourth-order valence-electron chi connectivity index (χ4n) is 11.6. The van der Waals surface area contributed by atoms with Crippen LogP contribution in [0.5, 0.6) is 0 Å². The largest absolute Gasteiger partial charge is 0.278 e. The lowest BCUT2D eigenvalue weighted by Crippen LogP contribution is -1.99. The molecule has 0 bridgehead atoms. The van der Waals surface area contributed by atoms with Gasteiger partial charge in [-0.15, -0.1) is 0 Å². The number of aromatic nitrogens is 6. The maximum atomic E-state index is 12.0. The Kier molecular flexibility index (Phi) is 9.81. The Bertz CT molecular complexity index is 4480. The molecule has 15 aromatic rings. The molecule has 4 aromatic heterocycles. The van der Waals surface area contributed by atoms with Gasteiger partial charge in [0.25, 0.3) is 0 Å². The number of fused-ring (bicyclic) bond motifs is 10. The number of benzene rings is 11. The van der Waals surface area contributed by atoms with Gasteiger partial charge in [-0.2, -0.15) is 5.26 Å². The average molecular weight is 970 g/mol. The lowest BCUT2D eigenvalue weighted by molar-refractivity contribution is 1.11. The van der Waals surface area contributed by atoms with Crippen LogP contribution in [0.3, 0.4) is 0 Å². The first-order valence-corrected chi connectivity index (χ1v) is 25.5. The van der Waals surface area contributed by atoms with Gasteiger partial charge in [-0.05, 0) is 134 Å². The predicted molar refractivity (Wildman–Crippen MR) is 310 cm³/mol. The van der Waals surface area contributed by atoms with E-state index in [1.165, 1.54) is 0 Å². The third-order valence-electron chi connectivity index (χ3n) is 15.0. The summed E-state index contributed by atoms with van der Waals surface area (Å²) < 4.78 is 9.07. The predicted octanol–water partition coefficient (Wildman–Crippen LogP) is 17.0. The van der Waals surface area contributed by atoms with E-state index in [0.29, 0.717) is 5.56 Å². The molecule has 76 heavy (non-hydrogen) atoms. The van der Waals surface area contributed by atoms with E-state index in [9.17, 15) is 5.26 Å². The van der Waals surface area contributed by atoms with Crippen molar-refractivity contribution in [2.45, 2.75) is 0 Å². The Morgan fingerprint density at radius 1 is 0.289 bits per heavy atom. The first-order valence-electron chi connectivity index (χ1n) is 25.5. The SMILES string of the molecule is N#Cc1c(-c2ccc3c(c2)n2c4cc(-c5ccccc5)ccc4nc2n3-c2ccccc2)c(-c2ccccc2)cc(-c2ccccc2)c1-c1ccc2c(c1)n1c3cc(-c4ccccc4)ccc3nc1n2-c1ccccc1. The zero-order valence-electron chi connectivity index (χ0n) is 41.0. The number of nitrogens with zero attached hydrogens (tertiary/aromatic N) is 7. The van der Waals surface area contributed by atoms with E-state index < -0.39 is 0 Å². The number of para-hydroxylation sites is 2. The van der Waals surface area contributed by atoms with Crippen LogP contribution in [0.4, 0.5) is 0 Å². The topological polar surface area (TPSA) is 68.2 Å². The van der Waals surface area contributed by atoms with Gasteiger partial charge >= 0.3 is 0 Å². The summed E-state index contributed by atoms with van der Waals surface area (Å²) in [6, 6.07) is 94.4. The van der Waals surface area contributed by atoms with Crippen molar-refractivity contribution in [3.8, 4) is 84.2 Å². The summed E-state index contributed by atoms with van der Waals surface area (Å²) in [5.41, 5.74) is 22.4. The van der Waals surface area contributed by atoms with Crippen molar-refractivity contribution in [3.05, 3.63) is 266 Å². The second-order valence-corrected chi connectivity index (χ2v) is 19.3. The highest BCUT2D eigenvalue weighted by Crippen LogP contribution is 2.47. The summed E-state index contributed by atoms with van der Waals surface area (Å²) in [4.78, 5) is 10.7. The molecule has 0 fully saturated rings. The highest BCUT2D eigenvalue weighted by molar-refractivity contribution is 6.04. The number of hydrogen-bond acceptors (Lipinski definition) is 3. The molecule has 0 aliphatic carbocycles. The minimum absolute atomic E-state index is 0.583. The minimum atomic E-state index is 0.583. The van der Waals surface area contributed by atoms with Crippen molar-refractivity contribution in [2.75, 3.05) is 0 Å². The van der Waals surface area contributed by atoms with Gasteiger partial charge in [-0.1, -0.05) is 182 Å². The van der Waals surface area contributed by atoms with Crippen molar-refractivity contribution < 1.29 is 0 Å². The van der Waals surface area contributed by atoms with Crippen LogP contribution in [0.2, 0.25) is 0 Å². The number of rotatable bonds is 8. The van der Waals surface area contributed by atoms with E-state index in [2.05, 4.69) is 248 Å². The number of nitriles is 1. The molecule has 0 saturated heterocycles. The Hall–Kier alpha value is -10.6. The van der Waals surface area contributed by atoms with Gasteiger partial charge in [0, 0.05) is 22.5 Å². The van der Waals surface area contributed by atoms with Gasteiger partial charge in [0.1, 0.15) is 6.07 Å². The normalized spacial score (nSPS) is 11.7. The van der Waals surface area contributed by atoms with E-state index in [1.807, 2.05) is 36.4 Å². The van der Waals surface area contributed by atoms with Gasteiger partial charge in [0.05, 0.1) is 49.7 Å². The summed E-state index contributed by atoms with van der Waals surface area (Å²) in [6.07, 6.45) is 0. The molecule has 0 N–H and O–H groups in total. The fraction of sp³-hybridized carbons (Fsp3) is 0. The van der Waals surface area contributed by atoms with E-state index in [4.69, 9.17) is 9.97 Å². The second-order valence-electron chi connectivity index (χ2n) is 19.3. The van der Waals surface area contributed by atoms with Crippen molar-refractivity contribution in [2.24, 2.45) is 0 Å². The molecule has 0 unspecified atom stereocenters. The lowest BCUT2D eigenvalue weighted by atomic mass is 9.81. The fourth-order valence-corrected chi connectivity index (χ4v) is 11.6. The molecule has 15 rings (SSSR count).